The van der Waals surface area contributed by atoms with Crippen molar-refractivity contribution in [3.63, 3.8) is 0 Å². The molecule has 7 heteroatoms. The van der Waals surface area contributed by atoms with Crippen molar-refractivity contribution in [2.75, 3.05) is 39.2 Å². The molecule has 172 valence electrons. The maximum atomic E-state index is 13.3. The van der Waals surface area contributed by atoms with Gasteiger partial charge in [0.15, 0.2) is 0 Å². The molecule has 3 rings (SSSR count). The maximum absolute atomic E-state index is 13.3. The summed E-state index contributed by atoms with van der Waals surface area (Å²) >= 11 is 0. The topological polar surface area (TPSA) is 71.1 Å². The Morgan fingerprint density at radius 3 is 2.42 bits per heavy atom. The summed E-state index contributed by atoms with van der Waals surface area (Å²) in [5.74, 6) is 2.06. The maximum Gasteiger partial charge on any atom is 0.322 e. The molecular formula is C24H37N3O4. The van der Waals surface area contributed by atoms with Gasteiger partial charge >= 0.3 is 6.03 Å². The molecule has 2 aliphatic rings. The third kappa shape index (κ3) is 6.28. The van der Waals surface area contributed by atoms with Crippen molar-refractivity contribution in [1.29, 1.82) is 0 Å². The lowest BCUT2D eigenvalue weighted by Crippen LogP contribution is -2.46. The Balaban J connectivity index is 1.66. The number of ether oxygens (including phenoxy) is 2. The summed E-state index contributed by atoms with van der Waals surface area (Å²) in [6.45, 7) is 4.35. The van der Waals surface area contributed by atoms with Gasteiger partial charge in [-0.3, -0.25) is 4.79 Å². The van der Waals surface area contributed by atoms with E-state index in [2.05, 4.69) is 12.2 Å². The SMILES string of the molecule is COc1ccc(NC(=O)N(CCC(=O)N2CCC(C)CC2)C2CCCCC2)c(OC)c1. The Labute approximate surface area is 186 Å². The summed E-state index contributed by atoms with van der Waals surface area (Å²) in [4.78, 5) is 29.9. The minimum Gasteiger partial charge on any atom is -0.497 e. The molecule has 1 N–H and O–H groups in total. The van der Waals surface area contributed by atoms with E-state index in [0.29, 0.717) is 36.1 Å². The standard InChI is InChI=1S/C24H37N3O4/c1-18-11-14-26(15-12-18)23(28)13-16-27(19-7-5-4-6-8-19)24(29)25-21-10-9-20(30-2)17-22(21)31-3/h9-10,17-19H,4-8,11-16H2,1-3H3,(H,25,29). The number of nitrogens with zero attached hydrogens (tertiary/aromatic N) is 2. The van der Waals surface area contributed by atoms with Gasteiger partial charge in [-0.2, -0.15) is 0 Å². The summed E-state index contributed by atoms with van der Waals surface area (Å²) in [5.41, 5.74) is 0.602. The summed E-state index contributed by atoms with van der Waals surface area (Å²) in [5, 5.41) is 3.00. The first-order chi connectivity index (χ1) is 15.0. The van der Waals surface area contributed by atoms with Gasteiger partial charge < -0.3 is 24.6 Å². The number of nitrogens with one attached hydrogen (secondary N) is 1. The number of carbonyl (C=O) groups excluding carboxylic acids is 2. The monoisotopic (exact) mass is 431 g/mol. The highest BCUT2D eigenvalue weighted by molar-refractivity contribution is 5.91. The summed E-state index contributed by atoms with van der Waals surface area (Å²) < 4.78 is 10.7. The lowest BCUT2D eigenvalue weighted by molar-refractivity contribution is -0.132. The zero-order valence-electron chi connectivity index (χ0n) is 19.2. The highest BCUT2D eigenvalue weighted by Crippen LogP contribution is 2.30. The Kier molecular flexibility index (Phi) is 8.43. The van der Waals surface area contributed by atoms with Crippen LogP contribution < -0.4 is 14.8 Å². The number of hydrogen-bond donors (Lipinski definition) is 1. The summed E-state index contributed by atoms with van der Waals surface area (Å²) in [6, 6.07) is 5.34. The molecule has 1 aliphatic heterocycles. The molecule has 0 bridgehead atoms. The second-order valence-corrected chi connectivity index (χ2v) is 8.79. The smallest absolute Gasteiger partial charge is 0.322 e. The van der Waals surface area contributed by atoms with E-state index >= 15 is 0 Å². The molecule has 1 aromatic carbocycles. The number of hydrogen-bond acceptors (Lipinski definition) is 4. The van der Waals surface area contributed by atoms with Crippen LogP contribution >= 0.6 is 0 Å². The molecule has 0 aromatic heterocycles. The Bertz CT molecular complexity index is 740. The van der Waals surface area contributed by atoms with E-state index in [1.165, 1.54) is 6.42 Å². The fourth-order valence-corrected chi connectivity index (χ4v) is 4.56. The molecular weight excluding hydrogens is 394 g/mol. The van der Waals surface area contributed by atoms with Crippen molar-refractivity contribution in [2.24, 2.45) is 5.92 Å². The van der Waals surface area contributed by atoms with Crippen molar-refractivity contribution in [1.82, 2.24) is 9.80 Å². The Morgan fingerprint density at radius 2 is 1.77 bits per heavy atom. The first-order valence-corrected chi connectivity index (χ1v) is 11.6. The second-order valence-electron chi connectivity index (χ2n) is 8.79. The Morgan fingerprint density at radius 1 is 1.06 bits per heavy atom. The van der Waals surface area contributed by atoms with E-state index in [-0.39, 0.29) is 18.0 Å². The largest absolute Gasteiger partial charge is 0.497 e. The summed E-state index contributed by atoms with van der Waals surface area (Å²) in [6.07, 6.45) is 7.94. The minimum absolute atomic E-state index is 0.155. The van der Waals surface area contributed by atoms with Crippen LogP contribution in [0.2, 0.25) is 0 Å². The number of methoxy groups -OCH3 is 2. The molecule has 1 saturated heterocycles. The van der Waals surface area contributed by atoms with Gasteiger partial charge in [-0.05, 0) is 43.7 Å². The molecule has 2 fully saturated rings. The van der Waals surface area contributed by atoms with Crippen molar-refractivity contribution >= 4 is 17.6 Å². The van der Waals surface area contributed by atoms with Gasteiger partial charge in [0.05, 0.1) is 19.9 Å². The fourth-order valence-electron chi connectivity index (χ4n) is 4.56. The molecule has 1 heterocycles. The van der Waals surface area contributed by atoms with Crippen LogP contribution in [-0.2, 0) is 4.79 Å². The van der Waals surface area contributed by atoms with Crippen LogP contribution in [0.4, 0.5) is 10.5 Å². The van der Waals surface area contributed by atoms with E-state index in [9.17, 15) is 9.59 Å². The van der Waals surface area contributed by atoms with Crippen LogP contribution in [-0.4, -0.2) is 61.6 Å². The zero-order valence-corrected chi connectivity index (χ0v) is 19.2. The number of piperidine rings is 1. The van der Waals surface area contributed by atoms with Crippen LogP contribution in [0.25, 0.3) is 0 Å². The lowest BCUT2D eigenvalue weighted by atomic mass is 9.94. The van der Waals surface area contributed by atoms with E-state index < -0.39 is 0 Å². The van der Waals surface area contributed by atoms with Gasteiger partial charge in [-0.1, -0.05) is 26.2 Å². The molecule has 0 radical (unpaired) electrons. The molecule has 31 heavy (non-hydrogen) atoms. The molecule has 7 nitrogen and oxygen atoms in total. The molecule has 0 unspecified atom stereocenters. The molecule has 0 spiro atoms. The van der Waals surface area contributed by atoms with Gasteiger partial charge in [-0.15, -0.1) is 0 Å². The third-order valence-electron chi connectivity index (χ3n) is 6.63. The van der Waals surface area contributed by atoms with Gasteiger partial charge in [-0.25, -0.2) is 4.79 Å². The number of anilines is 1. The normalized spacial score (nSPS) is 17.8. The fraction of sp³-hybridized carbons (Fsp3) is 0.667. The van der Waals surface area contributed by atoms with Crippen molar-refractivity contribution in [3.05, 3.63) is 18.2 Å². The van der Waals surface area contributed by atoms with Gasteiger partial charge in [0.2, 0.25) is 5.91 Å². The van der Waals surface area contributed by atoms with Crippen LogP contribution in [0, 0.1) is 5.92 Å². The van der Waals surface area contributed by atoms with Crippen LogP contribution in [0.1, 0.15) is 58.3 Å². The summed E-state index contributed by atoms with van der Waals surface area (Å²) in [7, 11) is 3.17. The first-order valence-electron chi connectivity index (χ1n) is 11.6. The number of likely N-dealkylation sites (tertiary alicyclic amines) is 1. The van der Waals surface area contributed by atoms with Crippen molar-refractivity contribution in [3.8, 4) is 11.5 Å². The predicted octanol–water partition coefficient (Wildman–Crippen LogP) is 4.52. The van der Waals surface area contributed by atoms with Crippen molar-refractivity contribution < 1.29 is 19.1 Å². The highest BCUT2D eigenvalue weighted by atomic mass is 16.5. The first kappa shape index (κ1) is 23.2. The minimum atomic E-state index is -0.171. The third-order valence-corrected chi connectivity index (χ3v) is 6.63. The molecule has 1 aromatic rings. The second kappa shape index (κ2) is 11.3. The quantitative estimate of drug-likeness (QED) is 0.689. The van der Waals surface area contributed by atoms with Gasteiger partial charge in [0, 0.05) is 38.2 Å². The predicted molar refractivity (Wildman–Crippen MR) is 122 cm³/mol. The number of urea groups is 1. The highest BCUT2D eigenvalue weighted by Gasteiger charge is 2.28. The zero-order chi connectivity index (χ0) is 22.2. The van der Waals surface area contributed by atoms with Crippen LogP contribution in [0.5, 0.6) is 11.5 Å². The van der Waals surface area contributed by atoms with Crippen molar-refractivity contribution in [2.45, 2.75) is 64.3 Å². The molecule has 1 aliphatic carbocycles. The average molecular weight is 432 g/mol. The van der Waals surface area contributed by atoms with E-state index in [0.717, 1.165) is 51.6 Å². The van der Waals surface area contributed by atoms with Gasteiger partial charge in [0.1, 0.15) is 11.5 Å². The Hall–Kier alpha value is -2.44. The number of carbonyl (C=O) groups is 2. The van der Waals surface area contributed by atoms with E-state index in [1.54, 1.807) is 32.4 Å². The number of benzene rings is 1. The molecule has 0 atom stereocenters. The van der Waals surface area contributed by atoms with E-state index in [4.69, 9.17) is 9.47 Å². The van der Waals surface area contributed by atoms with Crippen LogP contribution in [0.15, 0.2) is 18.2 Å². The lowest BCUT2D eigenvalue weighted by Gasteiger charge is -2.35. The number of rotatable bonds is 7. The van der Waals surface area contributed by atoms with Gasteiger partial charge in [0.25, 0.3) is 0 Å². The van der Waals surface area contributed by atoms with Crippen LogP contribution in [0.3, 0.4) is 0 Å². The van der Waals surface area contributed by atoms with E-state index in [1.807, 2.05) is 9.80 Å². The average Bonchev–Trinajstić information content (AvgIpc) is 2.80. The molecule has 3 amide bonds. The number of amides is 3. The molecule has 1 saturated carbocycles.